The third-order valence-corrected chi connectivity index (χ3v) is 5.82. The van der Waals surface area contributed by atoms with Crippen LogP contribution < -0.4 is 0 Å². The van der Waals surface area contributed by atoms with Crippen LogP contribution in [-0.2, 0) is 4.79 Å². The van der Waals surface area contributed by atoms with Crippen LogP contribution in [0.4, 0.5) is 4.79 Å². The Hall–Kier alpha value is -2.32. The van der Waals surface area contributed by atoms with Crippen molar-refractivity contribution < 1.29 is 14.5 Å². The third kappa shape index (κ3) is 2.28. The van der Waals surface area contributed by atoms with E-state index in [-0.39, 0.29) is 23.8 Å². The van der Waals surface area contributed by atoms with Crippen molar-refractivity contribution in [2.45, 2.75) is 76.0 Å². The molecule has 2 saturated carbocycles. The second-order valence-corrected chi connectivity index (χ2v) is 7.35. The number of imide groups is 1. The van der Waals surface area contributed by atoms with E-state index in [9.17, 15) is 19.7 Å². The lowest BCUT2D eigenvalue weighted by molar-refractivity contribution is -0.352. The summed E-state index contributed by atoms with van der Waals surface area (Å²) < 4.78 is 0. The van der Waals surface area contributed by atoms with Crippen molar-refractivity contribution in [3.63, 3.8) is 0 Å². The Kier molecular flexibility index (Phi) is 3.62. The fraction of sp³-hybridized carbons (Fsp3) is 0.750. The summed E-state index contributed by atoms with van der Waals surface area (Å²) in [5.74, 6) is -1.11. The van der Waals surface area contributed by atoms with E-state index in [4.69, 9.17) is 0 Å². The van der Waals surface area contributed by atoms with E-state index in [1.165, 1.54) is 4.90 Å². The van der Waals surface area contributed by atoms with E-state index in [2.05, 4.69) is 9.98 Å². The minimum Gasteiger partial charge on any atom is -0.390 e. The van der Waals surface area contributed by atoms with Crippen LogP contribution in [0, 0.1) is 10.1 Å². The molecule has 1 saturated heterocycles. The molecule has 0 radical (unpaired) electrons. The smallest absolute Gasteiger partial charge is 0.390 e. The van der Waals surface area contributed by atoms with Crippen LogP contribution in [-0.4, -0.2) is 56.1 Å². The number of nitrogens with zero attached hydrogens (tertiary/aromatic N) is 5. The van der Waals surface area contributed by atoms with Gasteiger partial charge in [0.05, 0.1) is 0 Å². The van der Waals surface area contributed by atoms with Gasteiger partial charge >= 0.3 is 12.0 Å². The molecule has 0 aromatic rings. The highest BCUT2D eigenvalue weighted by atomic mass is 16.6. The van der Waals surface area contributed by atoms with Crippen molar-refractivity contribution in [3.05, 3.63) is 10.1 Å². The predicted octanol–water partition coefficient (Wildman–Crippen LogP) is 1.94. The van der Waals surface area contributed by atoms with Crippen LogP contribution in [0.15, 0.2) is 9.98 Å². The van der Waals surface area contributed by atoms with E-state index in [0.717, 1.165) is 51.4 Å². The summed E-state index contributed by atoms with van der Waals surface area (Å²) in [5.41, 5.74) is -1.35. The van der Waals surface area contributed by atoms with Gasteiger partial charge in [-0.05, 0) is 30.6 Å². The van der Waals surface area contributed by atoms with Gasteiger partial charge in [0.2, 0.25) is 5.71 Å². The molecule has 0 aromatic heterocycles. The number of amides is 3. The fourth-order valence-electron chi connectivity index (χ4n) is 4.64. The lowest BCUT2D eigenvalue weighted by Gasteiger charge is -2.45. The molecule has 4 aliphatic rings. The summed E-state index contributed by atoms with van der Waals surface area (Å²) in [4.78, 5) is 47.7. The maximum absolute atomic E-state index is 13.3. The number of fused-ring (bicyclic) bond motifs is 1. The van der Waals surface area contributed by atoms with Crippen molar-refractivity contribution in [1.29, 1.82) is 0 Å². The lowest BCUT2D eigenvalue weighted by Crippen LogP contribution is -2.70. The molecule has 1 atom stereocenters. The van der Waals surface area contributed by atoms with Crippen LogP contribution in [0.1, 0.15) is 58.3 Å². The minimum absolute atomic E-state index is 0.0117. The molecule has 2 heterocycles. The van der Waals surface area contributed by atoms with Crippen LogP contribution in [0.3, 0.4) is 0 Å². The monoisotopic (exact) mass is 347 g/mol. The highest BCUT2D eigenvalue weighted by Gasteiger charge is 2.63. The quantitative estimate of drug-likeness (QED) is 0.561. The number of rotatable bonds is 2. The zero-order valence-electron chi connectivity index (χ0n) is 14.2. The Morgan fingerprint density at radius 3 is 2.20 bits per heavy atom. The average Bonchev–Trinajstić information content (AvgIpc) is 3.27. The summed E-state index contributed by atoms with van der Waals surface area (Å²) in [5, 5.41) is 11.2. The fourth-order valence-corrected chi connectivity index (χ4v) is 4.64. The lowest BCUT2D eigenvalue weighted by atomic mass is 9.96. The summed E-state index contributed by atoms with van der Waals surface area (Å²) >= 11 is 0. The topological polar surface area (TPSA) is 108 Å². The minimum atomic E-state index is -1.36. The highest BCUT2D eigenvalue weighted by molar-refractivity contribution is 6.48. The highest BCUT2D eigenvalue weighted by Crippen LogP contribution is 2.39. The average molecular weight is 347 g/mol. The van der Waals surface area contributed by atoms with Crippen molar-refractivity contribution in [3.8, 4) is 0 Å². The molecule has 3 amide bonds. The van der Waals surface area contributed by atoms with Crippen LogP contribution in [0.2, 0.25) is 0 Å². The summed E-state index contributed by atoms with van der Waals surface area (Å²) in [6.07, 6.45) is 7.17. The van der Waals surface area contributed by atoms with Gasteiger partial charge in [-0.2, -0.15) is 0 Å². The van der Waals surface area contributed by atoms with Gasteiger partial charge in [-0.3, -0.25) is 14.6 Å². The van der Waals surface area contributed by atoms with Gasteiger partial charge < -0.3 is 10.1 Å². The largest absolute Gasteiger partial charge is 0.467 e. The Morgan fingerprint density at radius 1 is 1.08 bits per heavy atom. The molecule has 0 bridgehead atoms. The van der Waals surface area contributed by atoms with Gasteiger partial charge in [-0.15, -0.1) is 0 Å². The molecule has 4 rings (SSSR count). The zero-order valence-corrected chi connectivity index (χ0v) is 14.2. The molecular formula is C16H21N5O4. The number of aliphatic imine (C=N–C) groups is 2. The van der Waals surface area contributed by atoms with Gasteiger partial charge in [0, 0.05) is 19.0 Å². The van der Waals surface area contributed by atoms with Crippen molar-refractivity contribution >= 4 is 23.6 Å². The Morgan fingerprint density at radius 2 is 1.64 bits per heavy atom. The standard InChI is InChI=1S/C16H21N5O4/c1-16-12(17-14(18-16)21(24)25)13(22)19(10-6-2-3-7-10)15(23)20(16)11-8-4-5-9-11/h10-11H,2-9H2,1H3. The van der Waals surface area contributed by atoms with Crippen molar-refractivity contribution in [2.24, 2.45) is 9.98 Å². The van der Waals surface area contributed by atoms with Crippen LogP contribution in [0.25, 0.3) is 0 Å². The number of carbonyl (C=O) groups is 2. The van der Waals surface area contributed by atoms with E-state index in [1.807, 2.05) is 0 Å². The molecule has 0 aromatic carbocycles. The van der Waals surface area contributed by atoms with E-state index in [0.29, 0.717) is 0 Å². The molecule has 0 N–H and O–H groups in total. The molecule has 9 nitrogen and oxygen atoms in total. The van der Waals surface area contributed by atoms with E-state index in [1.54, 1.807) is 11.8 Å². The van der Waals surface area contributed by atoms with Crippen molar-refractivity contribution in [1.82, 2.24) is 9.80 Å². The van der Waals surface area contributed by atoms with Gasteiger partial charge in [0.25, 0.3) is 11.6 Å². The first-order valence-electron chi connectivity index (χ1n) is 8.94. The SMILES string of the molecule is CC12N=C([N+](=O)[O-])N=C1C(=O)N(C1CCCC1)C(=O)N2C1CCCC1. The van der Waals surface area contributed by atoms with Gasteiger partial charge in [-0.25, -0.2) is 4.79 Å². The van der Waals surface area contributed by atoms with Crippen molar-refractivity contribution in [2.75, 3.05) is 0 Å². The molecule has 0 spiro atoms. The van der Waals surface area contributed by atoms with Gasteiger partial charge in [0.1, 0.15) is 0 Å². The van der Waals surface area contributed by atoms with Crippen LogP contribution >= 0.6 is 0 Å². The summed E-state index contributed by atoms with van der Waals surface area (Å²) in [6.45, 7) is 1.60. The maximum Gasteiger partial charge on any atom is 0.467 e. The van der Waals surface area contributed by atoms with E-state index < -0.39 is 22.5 Å². The maximum atomic E-state index is 13.3. The summed E-state index contributed by atoms with van der Waals surface area (Å²) in [6, 6.07) is -0.566. The number of carbonyl (C=O) groups excluding carboxylic acids is 2. The van der Waals surface area contributed by atoms with Crippen LogP contribution in [0.5, 0.6) is 0 Å². The second-order valence-electron chi connectivity index (χ2n) is 7.35. The second kappa shape index (κ2) is 5.60. The number of urea groups is 1. The number of hydrogen-bond acceptors (Lipinski definition) is 6. The Balaban J connectivity index is 1.80. The molecule has 9 heteroatoms. The third-order valence-electron chi connectivity index (χ3n) is 5.82. The Labute approximate surface area is 144 Å². The number of nitro groups is 1. The summed E-state index contributed by atoms with van der Waals surface area (Å²) in [7, 11) is 0. The molecule has 2 aliphatic heterocycles. The number of hydrogen-bond donors (Lipinski definition) is 0. The first kappa shape index (κ1) is 16.2. The zero-order chi connectivity index (χ0) is 17.8. The predicted molar refractivity (Wildman–Crippen MR) is 88.9 cm³/mol. The van der Waals surface area contributed by atoms with E-state index >= 15 is 0 Å². The molecule has 1 unspecified atom stereocenters. The molecule has 25 heavy (non-hydrogen) atoms. The normalized spacial score (nSPS) is 30.8. The molecule has 134 valence electrons. The number of guanidine groups is 1. The first-order chi connectivity index (χ1) is 11.9. The molecular weight excluding hydrogens is 326 g/mol. The Bertz CT molecular complexity index is 705. The molecule has 2 aliphatic carbocycles. The van der Waals surface area contributed by atoms with Gasteiger partial charge in [-0.1, -0.05) is 35.7 Å². The molecule has 3 fully saturated rings. The van der Waals surface area contributed by atoms with Gasteiger partial charge in [0.15, 0.2) is 0 Å². The first-order valence-corrected chi connectivity index (χ1v) is 8.94.